The summed E-state index contributed by atoms with van der Waals surface area (Å²) in [6.07, 6.45) is 15.9. The SMILES string of the molecule is CCCC1CCC(C2=CCc3cc(-c4ccc(CC)cc4)c(F)c(F)c3C2(F)F)CC1.CCCC1CCC(C2=CCc3cc(B(O)O)c(F)c(F)c3C2(F)F)CC1.CCc1ccc(Br)cc1.OB(O)O. The van der Waals surface area contributed by atoms with Crippen molar-refractivity contribution in [3.05, 3.63) is 145 Å². The molecule has 5 N–H and O–H groups in total. The van der Waals surface area contributed by atoms with Crippen LogP contribution in [0, 0.1) is 46.9 Å². The van der Waals surface area contributed by atoms with Crippen LogP contribution in [0.5, 0.6) is 0 Å². The van der Waals surface area contributed by atoms with Crippen LogP contribution in [0.2, 0.25) is 0 Å². The maximum absolute atomic E-state index is 15.5. The van der Waals surface area contributed by atoms with E-state index in [0.717, 1.165) is 80.3 Å². The van der Waals surface area contributed by atoms with Crippen molar-refractivity contribution in [1.29, 1.82) is 0 Å². The fraction of sp³-hybridized carbons (Fsp3) is 0.481. The topological polar surface area (TPSA) is 101 Å². The molecule has 0 radical (unpaired) electrons. The quantitative estimate of drug-likeness (QED) is 0.0619. The third kappa shape index (κ3) is 13.8. The van der Waals surface area contributed by atoms with Gasteiger partial charge in [-0.25, -0.2) is 17.6 Å². The number of aryl methyl sites for hydroxylation is 2. The minimum Gasteiger partial charge on any atom is -0.423 e. The lowest BCUT2D eigenvalue weighted by Gasteiger charge is -2.36. The van der Waals surface area contributed by atoms with Gasteiger partial charge in [-0.2, -0.15) is 17.6 Å². The van der Waals surface area contributed by atoms with Crippen molar-refractivity contribution < 1.29 is 60.2 Å². The number of halogens is 9. The van der Waals surface area contributed by atoms with E-state index in [1.807, 2.05) is 19.1 Å². The van der Waals surface area contributed by atoms with Crippen LogP contribution >= 0.6 is 15.9 Å². The maximum Gasteiger partial charge on any atom is 0.631 e. The molecule has 70 heavy (non-hydrogen) atoms. The van der Waals surface area contributed by atoms with E-state index in [1.165, 1.54) is 17.7 Å². The van der Waals surface area contributed by atoms with Crippen molar-refractivity contribution in [1.82, 2.24) is 0 Å². The van der Waals surface area contributed by atoms with Gasteiger partial charge in [0.15, 0.2) is 23.3 Å². The van der Waals surface area contributed by atoms with Crippen LogP contribution in [0.3, 0.4) is 0 Å². The molecule has 0 saturated heterocycles. The first-order valence-corrected chi connectivity index (χ1v) is 25.4. The molecule has 4 aliphatic rings. The summed E-state index contributed by atoms with van der Waals surface area (Å²) in [7, 11) is -4.41. The normalized spacial score (nSPS) is 20.9. The number of hydrogen-bond acceptors (Lipinski definition) is 5. The second-order valence-corrected chi connectivity index (χ2v) is 19.8. The van der Waals surface area contributed by atoms with Gasteiger partial charge in [-0.3, -0.25) is 0 Å². The lowest BCUT2D eigenvalue weighted by atomic mass is 9.71. The zero-order valence-electron chi connectivity index (χ0n) is 40.3. The van der Waals surface area contributed by atoms with E-state index in [4.69, 9.17) is 25.1 Å². The number of benzene rings is 4. The highest BCUT2D eigenvalue weighted by atomic mass is 79.9. The number of alkyl halides is 4. The van der Waals surface area contributed by atoms with E-state index in [0.29, 0.717) is 43.1 Å². The molecule has 2 fully saturated rings. The van der Waals surface area contributed by atoms with Crippen LogP contribution in [0.15, 0.2) is 88.4 Å². The van der Waals surface area contributed by atoms with Gasteiger partial charge in [-0.1, -0.05) is 124 Å². The Labute approximate surface area is 416 Å². The Morgan fingerprint density at radius 3 is 1.31 bits per heavy atom. The van der Waals surface area contributed by atoms with Crippen LogP contribution in [-0.4, -0.2) is 39.6 Å². The molecule has 4 aromatic rings. The summed E-state index contributed by atoms with van der Waals surface area (Å²) < 4.78 is 121. The molecule has 0 aliphatic heterocycles. The van der Waals surface area contributed by atoms with Crippen molar-refractivity contribution in [2.24, 2.45) is 23.7 Å². The molecule has 0 bridgehead atoms. The zero-order valence-corrected chi connectivity index (χ0v) is 41.9. The smallest absolute Gasteiger partial charge is 0.423 e. The molecular weight excluding hydrogens is 982 g/mol. The lowest BCUT2D eigenvalue weighted by molar-refractivity contribution is 0.0135. The molecule has 0 heterocycles. The first-order chi connectivity index (χ1) is 33.2. The molecule has 2 saturated carbocycles. The molecule has 4 aliphatic carbocycles. The Hall–Kier alpha value is -3.79. The summed E-state index contributed by atoms with van der Waals surface area (Å²) in [5, 5.41) is 39.8. The van der Waals surface area contributed by atoms with E-state index in [1.54, 1.807) is 18.2 Å². The standard InChI is InChI=1S/C27H30F4.C19H23BF4O2.C8H9Br.BH3O3/c1-3-5-18-8-12-20(13-9-18)23-15-14-21-16-22(19-10-6-17(4-2)7-11-19)25(28)26(29)24(21)27(23,30)31;1-2-3-11-4-6-12(7-5-11)14-9-8-13-10-15(20(25)26)17(21)18(22)16(13)19(14,23)24;1-2-7-3-5-8(9)6-4-7;2-1(3)4/h6-7,10-11,15-16,18,20H,3-5,8-9,12-14H2,1-2H3;9-12,25-26H,2-8H2,1H3;3-6H,2H2,1H3;2-4H. The highest BCUT2D eigenvalue weighted by Crippen LogP contribution is 2.52. The Morgan fingerprint density at radius 2 is 0.929 bits per heavy atom. The van der Waals surface area contributed by atoms with Gasteiger partial charge in [0, 0.05) is 26.6 Å². The second-order valence-electron chi connectivity index (χ2n) is 18.9. The molecule has 0 unspecified atom stereocenters. The van der Waals surface area contributed by atoms with Crippen LogP contribution in [0.25, 0.3) is 11.1 Å². The Kier molecular flexibility index (Phi) is 21.0. The minimum absolute atomic E-state index is 0.00621. The predicted molar refractivity (Wildman–Crippen MR) is 265 cm³/mol. The zero-order chi connectivity index (χ0) is 51.5. The van der Waals surface area contributed by atoms with E-state index in [-0.39, 0.29) is 52.5 Å². The average molecular weight is 1050 g/mol. The van der Waals surface area contributed by atoms with Crippen molar-refractivity contribution in [3.8, 4) is 11.1 Å². The van der Waals surface area contributed by atoms with Gasteiger partial charge >= 0.3 is 14.4 Å². The largest absolute Gasteiger partial charge is 0.631 e. The van der Waals surface area contributed by atoms with Gasteiger partial charge < -0.3 is 25.1 Å². The number of hydrogen-bond donors (Lipinski definition) is 5. The van der Waals surface area contributed by atoms with E-state index in [2.05, 4.69) is 61.0 Å². The Morgan fingerprint density at radius 1 is 0.543 bits per heavy atom. The molecule has 0 atom stereocenters. The number of fused-ring (bicyclic) bond motifs is 2. The number of rotatable bonds is 10. The summed E-state index contributed by atoms with van der Waals surface area (Å²) in [6.45, 7) is 8.42. The molecule has 0 amide bonds. The third-order valence-electron chi connectivity index (χ3n) is 14.3. The van der Waals surface area contributed by atoms with Crippen molar-refractivity contribution >= 4 is 35.8 Å². The highest BCUT2D eigenvalue weighted by Gasteiger charge is 2.49. The fourth-order valence-corrected chi connectivity index (χ4v) is 10.9. The first kappa shape index (κ1) is 57.1. The molecule has 4 aromatic carbocycles. The Balaban J connectivity index is 0.000000210. The number of allylic oxidation sites excluding steroid dienone is 4. The van der Waals surface area contributed by atoms with Gasteiger partial charge in [-0.15, -0.1) is 0 Å². The van der Waals surface area contributed by atoms with Crippen LogP contribution in [0.1, 0.15) is 138 Å². The summed E-state index contributed by atoms with van der Waals surface area (Å²) in [5.74, 6) is -12.3. The molecule has 0 spiro atoms. The van der Waals surface area contributed by atoms with Crippen molar-refractivity contribution in [2.45, 2.75) is 142 Å². The molecular formula is C54H65B2BrF8O5. The van der Waals surface area contributed by atoms with Gasteiger partial charge in [0.25, 0.3) is 11.8 Å². The molecule has 0 aromatic heterocycles. The van der Waals surface area contributed by atoms with Crippen LogP contribution < -0.4 is 5.46 Å². The van der Waals surface area contributed by atoms with E-state index < -0.39 is 66.1 Å². The fourth-order valence-electron chi connectivity index (χ4n) is 10.6. The summed E-state index contributed by atoms with van der Waals surface area (Å²) >= 11 is 3.37. The maximum atomic E-state index is 15.5. The third-order valence-corrected chi connectivity index (χ3v) is 14.8. The van der Waals surface area contributed by atoms with Gasteiger partial charge in [0.05, 0.1) is 11.1 Å². The minimum atomic E-state index is -3.58. The van der Waals surface area contributed by atoms with Gasteiger partial charge in [0.1, 0.15) is 0 Å². The van der Waals surface area contributed by atoms with E-state index in [9.17, 15) is 13.2 Å². The van der Waals surface area contributed by atoms with E-state index >= 15 is 22.0 Å². The van der Waals surface area contributed by atoms with Crippen LogP contribution in [-0.2, 0) is 37.5 Å². The molecule has 5 nitrogen and oxygen atoms in total. The molecule has 16 heteroatoms. The first-order valence-electron chi connectivity index (χ1n) is 24.6. The summed E-state index contributed by atoms with van der Waals surface area (Å²) in [5.41, 5.74) is 0.559. The van der Waals surface area contributed by atoms with Gasteiger partial charge in [-0.05, 0) is 147 Å². The predicted octanol–water partition coefficient (Wildman–Crippen LogP) is 13.2. The lowest BCUT2D eigenvalue weighted by Crippen LogP contribution is -2.38. The highest BCUT2D eigenvalue weighted by molar-refractivity contribution is 9.10. The average Bonchev–Trinajstić information content (AvgIpc) is 3.32. The molecule has 380 valence electrons. The van der Waals surface area contributed by atoms with Gasteiger partial charge in [0.2, 0.25) is 0 Å². The molecule has 8 rings (SSSR count). The summed E-state index contributed by atoms with van der Waals surface area (Å²) in [4.78, 5) is 0. The van der Waals surface area contributed by atoms with Crippen molar-refractivity contribution in [3.63, 3.8) is 0 Å². The van der Waals surface area contributed by atoms with Crippen LogP contribution in [0.4, 0.5) is 35.1 Å². The summed E-state index contributed by atoms with van der Waals surface area (Å²) in [6, 6.07) is 17.9. The van der Waals surface area contributed by atoms with Crippen molar-refractivity contribution in [2.75, 3.05) is 0 Å². The Bertz CT molecular complexity index is 2390. The monoisotopic (exact) mass is 1050 g/mol. The second kappa shape index (κ2) is 25.7.